The highest BCUT2D eigenvalue weighted by Crippen LogP contribution is 2.29. The molecule has 1 aromatic heterocycles. The third-order valence-corrected chi connectivity index (χ3v) is 5.29. The van der Waals surface area contributed by atoms with E-state index in [1.165, 1.54) is 5.56 Å². The number of thiophene rings is 1. The fourth-order valence-corrected chi connectivity index (χ4v) is 3.92. The van der Waals surface area contributed by atoms with Crippen LogP contribution in [0.5, 0.6) is 5.75 Å². The van der Waals surface area contributed by atoms with Gasteiger partial charge in [0, 0.05) is 18.8 Å². The zero-order valence-corrected chi connectivity index (χ0v) is 17.5. The number of amides is 2. The van der Waals surface area contributed by atoms with Crippen LogP contribution in [0.1, 0.15) is 24.1 Å². The average molecular weight is 416 g/mol. The first-order valence-electron chi connectivity index (χ1n) is 9.33. The first-order chi connectivity index (χ1) is 14.0. The Morgan fingerprint density at radius 2 is 1.97 bits per heavy atom. The summed E-state index contributed by atoms with van der Waals surface area (Å²) in [5.41, 5.74) is 2.92. The standard InChI is InChI=1S/C21H25N3O4S/c1-4-28-20(25)18-17(12-24(2)11-14-9-10-29-13-14)22-21(26)23-19(18)15-5-7-16(27-3)8-6-15/h5-10,13,19H,4,11-12H2,1-3H3,(H2,22,23,26)/t19-/m0/s1. The molecule has 2 heterocycles. The van der Waals surface area contributed by atoms with Gasteiger partial charge >= 0.3 is 12.0 Å². The van der Waals surface area contributed by atoms with Crippen molar-refractivity contribution in [1.29, 1.82) is 0 Å². The van der Waals surface area contributed by atoms with E-state index >= 15 is 0 Å². The highest BCUT2D eigenvalue weighted by atomic mass is 32.1. The minimum atomic E-state index is -0.599. The molecule has 1 atom stereocenters. The number of urea groups is 1. The van der Waals surface area contributed by atoms with Crippen molar-refractivity contribution in [2.45, 2.75) is 19.5 Å². The molecule has 0 radical (unpaired) electrons. The number of esters is 1. The molecule has 0 unspecified atom stereocenters. The Morgan fingerprint density at radius 1 is 1.21 bits per heavy atom. The van der Waals surface area contributed by atoms with Crippen LogP contribution in [0.4, 0.5) is 4.79 Å². The minimum absolute atomic E-state index is 0.254. The average Bonchev–Trinajstić information content (AvgIpc) is 3.20. The first kappa shape index (κ1) is 20.9. The van der Waals surface area contributed by atoms with Gasteiger partial charge in [-0.05, 0) is 54.1 Å². The molecule has 0 saturated heterocycles. The number of nitrogens with zero attached hydrogens (tertiary/aromatic N) is 1. The van der Waals surface area contributed by atoms with Crippen LogP contribution in [-0.4, -0.2) is 44.2 Å². The maximum Gasteiger partial charge on any atom is 0.338 e. The van der Waals surface area contributed by atoms with Crippen LogP contribution >= 0.6 is 11.3 Å². The minimum Gasteiger partial charge on any atom is -0.497 e. The fraction of sp³-hybridized carbons (Fsp3) is 0.333. The molecule has 1 aliphatic heterocycles. The van der Waals surface area contributed by atoms with E-state index in [-0.39, 0.29) is 12.6 Å². The number of ether oxygens (including phenoxy) is 2. The summed E-state index contributed by atoms with van der Waals surface area (Å²) in [5.74, 6) is 0.256. The summed E-state index contributed by atoms with van der Waals surface area (Å²) >= 11 is 1.64. The summed E-state index contributed by atoms with van der Waals surface area (Å²) < 4.78 is 10.5. The molecule has 2 amide bonds. The topological polar surface area (TPSA) is 79.9 Å². The molecule has 0 bridgehead atoms. The number of hydrogen-bond acceptors (Lipinski definition) is 6. The Kier molecular flexibility index (Phi) is 6.90. The van der Waals surface area contributed by atoms with Crippen molar-refractivity contribution in [2.75, 3.05) is 27.3 Å². The quantitative estimate of drug-likeness (QED) is 0.648. The summed E-state index contributed by atoms with van der Waals surface area (Å²) in [6.07, 6.45) is 0. The van der Waals surface area contributed by atoms with E-state index in [1.54, 1.807) is 37.5 Å². The molecule has 1 aliphatic rings. The van der Waals surface area contributed by atoms with Crippen molar-refractivity contribution in [1.82, 2.24) is 15.5 Å². The third-order valence-electron chi connectivity index (χ3n) is 4.56. The predicted octanol–water partition coefficient (Wildman–Crippen LogP) is 3.06. The molecule has 0 fully saturated rings. The number of benzene rings is 1. The second kappa shape index (κ2) is 9.58. The Balaban J connectivity index is 1.93. The van der Waals surface area contributed by atoms with Crippen molar-refractivity contribution in [3.8, 4) is 5.75 Å². The number of hydrogen-bond donors (Lipinski definition) is 2. The Labute approximate surface area is 174 Å². The number of likely N-dealkylation sites (N-methyl/N-ethyl adjacent to an activating group) is 1. The monoisotopic (exact) mass is 415 g/mol. The maximum absolute atomic E-state index is 12.8. The Morgan fingerprint density at radius 3 is 2.59 bits per heavy atom. The van der Waals surface area contributed by atoms with Crippen molar-refractivity contribution < 1.29 is 19.1 Å². The van der Waals surface area contributed by atoms with E-state index in [4.69, 9.17) is 9.47 Å². The largest absolute Gasteiger partial charge is 0.497 e. The fourth-order valence-electron chi connectivity index (χ4n) is 3.26. The highest BCUT2D eigenvalue weighted by Gasteiger charge is 2.34. The van der Waals surface area contributed by atoms with E-state index in [0.29, 0.717) is 30.1 Å². The van der Waals surface area contributed by atoms with Crippen molar-refractivity contribution in [3.63, 3.8) is 0 Å². The van der Waals surface area contributed by atoms with Gasteiger partial charge in [0.05, 0.1) is 25.3 Å². The van der Waals surface area contributed by atoms with Crippen LogP contribution in [0.2, 0.25) is 0 Å². The maximum atomic E-state index is 12.8. The van der Waals surface area contributed by atoms with Crippen LogP contribution < -0.4 is 15.4 Å². The number of rotatable bonds is 8. The molecular weight excluding hydrogens is 390 g/mol. The van der Waals surface area contributed by atoms with Gasteiger partial charge < -0.3 is 20.1 Å². The van der Waals surface area contributed by atoms with Crippen LogP contribution in [0, 0.1) is 0 Å². The van der Waals surface area contributed by atoms with Crippen molar-refractivity contribution >= 4 is 23.3 Å². The second-order valence-electron chi connectivity index (χ2n) is 6.72. The zero-order chi connectivity index (χ0) is 20.8. The lowest BCUT2D eigenvalue weighted by Gasteiger charge is -2.31. The molecule has 3 rings (SSSR count). The van der Waals surface area contributed by atoms with Gasteiger partial charge in [-0.1, -0.05) is 12.1 Å². The lowest BCUT2D eigenvalue weighted by molar-refractivity contribution is -0.139. The smallest absolute Gasteiger partial charge is 0.338 e. The van der Waals surface area contributed by atoms with E-state index in [9.17, 15) is 9.59 Å². The summed E-state index contributed by atoms with van der Waals surface area (Å²) in [7, 11) is 3.54. The van der Waals surface area contributed by atoms with Gasteiger partial charge in [-0.3, -0.25) is 4.90 Å². The summed E-state index contributed by atoms with van der Waals surface area (Å²) in [5, 5.41) is 9.75. The molecule has 8 heteroatoms. The summed E-state index contributed by atoms with van der Waals surface area (Å²) in [6.45, 7) is 3.13. The van der Waals surface area contributed by atoms with Crippen LogP contribution in [0.3, 0.4) is 0 Å². The highest BCUT2D eigenvalue weighted by molar-refractivity contribution is 7.07. The van der Waals surface area contributed by atoms with Gasteiger partial charge in [0.2, 0.25) is 0 Å². The lowest BCUT2D eigenvalue weighted by Crippen LogP contribution is -2.48. The SMILES string of the molecule is CCOC(=O)C1=C(CN(C)Cc2ccsc2)NC(=O)N[C@H]1c1ccc(OC)cc1. The van der Waals surface area contributed by atoms with Gasteiger partial charge in [-0.2, -0.15) is 11.3 Å². The van der Waals surface area contributed by atoms with Crippen LogP contribution in [0.25, 0.3) is 0 Å². The Bertz CT molecular complexity index is 878. The molecule has 0 aliphatic carbocycles. The molecule has 1 aromatic carbocycles. The molecule has 29 heavy (non-hydrogen) atoms. The number of methoxy groups -OCH3 is 1. The second-order valence-corrected chi connectivity index (χ2v) is 7.50. The molecule has 2 N–H and O–H groups in total. The zero-order valence-electron chi connectivity index (χ0n) is 16.7. The van der Waals surface area contributed by atoms with E-state index in [2.05, 4.69) is 22.1 Å². The van der Waals surface area contributed by atoms with Crippen LogP contribution in [0.15, 0.2) is 52.4 Å². The number of carbonyl (C=O) groups excluding carboxylic acids is 2. The molecule has 2 aromatic rings. The van der Waals surface area contributed by atoms with E-state index in [1.807, 2.05) is 29.5 Å². The van der Waals surface area contributed by atoms with Gasteiger partial charge in [0.15, 0.2) is 0 Å². The van der Waals surface area contributed by atoms with Crippen molar-refractivity contribution in [2.24, 2.45) is 0 Å². The first-order valence-corrected chi connectivity index (χ1v) is 10.3. The lowest BCUT2D eigenvalue weighted by atomic mass is 9.95. The van der Waals surface area contributed by atoms with E-state index in [0.717, 1.165) is 5.56 Å². The third kappa shape index (κ3) is 5.16. The molecule has 7 nitrogen and oxygen atoms in total. The molecule has 0 saturated carbocycles. The molecule has 154 valence electrons. The van der Waals surface area contributed by atoms with Gasteiger partial charge in [0.25, 0.3) is 0 Å². The molecule has 0 spiro atoms. The van der Waals surface area contributed by atoms with Crippen LogP contribution in [-0.2, 0) is 16.1 Å². The Hall–Kier alpha value is -2.84. The van der Waals surface area contributed by atoms with Gasteiger partial charge in [0.1, 0.15) is 5.75 Å². The molecular formula is C21H25N3O4S. The van der Waals surface area contributed by atoms with Gasteiger partial charge in [-0.15, -0.1) is 0 Å². The summed E-state index contributed by atoms with van der Waals surface area (Å²) in [6, 6.07) is 8.38. The number of carbonyl (C=O) groups is 2. The van der Waals surface area contributed by atoms with E-state index < -0.39 is 12.0 Å². The summed E-state index contributed by atoms with van der Waals surface area (Å²) in [4.78, 5) is 27.2. The predicted molar refractivity (Wildman–Crippen MR) is 112 cm³/mol. The van der Waals surface area contributed by atoms with Crippen molar-refractivity contribution in [3.05, 3.63) is 63.5 Å². The van der Waals surface area contributed by atoms with Gasteiger partial charge in [-0.25, -0.2) is 9.59 Å². The number of nitrogens with one attached hydrogen (secondary N) is 2. The normalized spacial score (nSPS) is 16.4.